The zero-order valence-electron chi connectivity index (χ0n) is 13.1. The van der Waals surface area contributed by atoms with Gasteiger partial charge in [0, 0.05) is 32.6 Å². The number of benzene rings is 1. The van der Waals surface area contributed by atoms with E-state index >= 15 is 0 Å². The fourth-order valence-electron chi connectivity index (χ4n) is 2.84. The lowest BCUT2D eigenvalue weighted by Crippen LogP contribution is -2.49. The van der Waals surface area contributed by atoms with Crippen LogP contribution in [0.5, 0.6) is 0 Å². The van der Waals surface area contributed by atoms with Gasteiger partial charge >= 0.3 is 5.97 Å². The van der Waals surface area contributed by atoms with Crippen molar-refractivity contribution in [1.82, 2.24) is 9.80 Å². The van der Waals surface area contributed by atoms with E-state index in [4.69, 9.17) is 0 Å². The molecule has 1 saturated heterocycles. The number of hydrazone groups is 1. The quantitative estimate of drug-likeness (QED) is 0.878. The zero-order valence-corrected chi connectivity index (χ0v) is 13.1. The Kier molecular flexibility index (Phi) is 4.29. The van der Waals surface area contributed by atoms with Crippen LogP contribution in [-0.2, 0) is 9.59 Å². The normalized spacial score (nSPS) is 22.1. The number of piperazine rings is 1. The highest BCUT2D eigenvalue weighted by Gasteiger charge is 2.37. The summed E-state index contributed by atoms with van der Waals surface area (Å²) >= 11 is 0. The molecule has 122 valence electrons. The maximum atomic E-state index is 12.6. The number of amides is 1. The second kappa shape index (κ2) is 6.37. The lowest BCUT2D eigenvalue weighted by atomic mass is 10.1. The van der Waals surface area contributed by atoms with Gasteiger partial charge in [0.2, 0.25) is 0 Å². The van der Waals surface area contributed by atoms with Crippen LogP contribution in [0.25, 0.3) is 0 Å². The number of carboxylic acid groups (broad SMARTS) is 1. The summed E-state index contributed by atoms with van der Waals surface area (Å²) in [7, 11) is 2.02. The molecule has 0 aliphatic carbocycles. The highest BCUT2D eigenvalue weighted by molar-refractivity contribution is 6.40. The molecule has 1 aromatic carbocycles. The van der Waals surface area contributed by atoms with Crippen LogP contribution in [0, 0.1) is 0 Å². The maximum Gasteiger partial charge on any atom is 0.328 e. The summed E-state index contributed by atoms with van der Waals surface area (Å²) in [5.74, 6) is -1.12. The number of anilines is 1. The molecule has 1 amide bonds. The fraction of sp³-hybridized carbons (Fsp3) is 0.438. The second-order valence-corrected chi connectivity index (χ2v) is 5.88. The Labute approximate surface area is 134 Å². The number of hydrogen-bond donors (Lipinski definition) is 1. The van der Waals surface area contributed by atoms with Gasteiger partial charge in [0.1, 0.15) is 5.71 Å². The van der Waals surface area contributed by atoms with Crippen molar-refractivity contribution in [2.45, 2.75) is 12.5 Å². The molecule has 2 heterocycles. The van der Waals surface area contributed by atoms with E-state index in [1.165, 1.54) is 5.01 Å². The summed E-state index contributed by atoms with van der Waals surface area (Å²) in [6, 6.07) is 8.26. The number of likely N-dealkylation sites (N-methyl/N-ethyl adjacent to an activating group) is 1. The third kappa shape index (κ3) is 3.19. The molecule has 1 fully saturated rings. The highest BCUT2D eigenvalue weighted by Crippen LogP contribution is 2.25. The highest BCUT2D eigenvalue weighted by atomic mass is 16.4. The van der Waals surface area contributed by atoms with Crippen LogP contribution in [-0.4, -0.2) is 71.8 Å². The Morgan fingerprint density at radius 1 is 1.13 bits per heavy atom. The minimum atomic E-state index is -0.973. The summed E-state index contributed by atoms with van der Waals surface area (Å²) < 4.78 is 0. The Morgan fingerprint density at radius 2 is 1.78 bits per heavy atom. The van der Waals surface area contributed by atoms with Gasteiger partial charge in [-0.15, -0.1) is 0 Å². The van der Waals surface area contributed by atoms with Crippen LogP contribution in [0.1, 0.15) is 6.42 Å². The van der Waals surface area contributed by atoms with E-state index in [9.17, 15) is 14.7 Å². The molecule has 1 atom stereocenters. The minimum Gasteiger partial charge on any atom is -0.480 e. The predicted molar refractivity (Wildman–Crippen MR) is 86.5 cm³/mol. The van der Waals surface area contributed by atoms with E-state index in [-0.39, 0.29) is 12.3 Å². The summed E-state index contributed by atoms with van der Waals surface area (Å²) in [5.41, 5.74) is 1.01. The van der Waals surface area contributed by atoms with E-state index in [2.05, 4.69) is 10.0 Å². The summed E-state index contributed by atoms with van der Waals surface area (Å²) in [6.07, 6.45) is 0.134. The molecule has 7 heteroatoms. The lowest BCUT2D eigenvalue weighted by molar-refractivity contribution is -0.138. The van der Waals surface area contributed by atoms with Crippen LogP contribution in [0.4, 0.5) is 5.69 Å². The third-order valence-corrected chi connectivity index (χ3v) is 4.25. The summed E-state index contributed by atoms with van der Waals surface area (Å²) in [6.45, 7) is 2.95. The van der Waals surface area contributed by atoms with Crippen molar-refractivity contribution in [3.63, 3.8) is 0 Å². The number of para-hydroxylation sites is 1. The third-order valence-electron chi connectivity index (χ3n) is 4.25. The molecular formula is C16H20N4O3. The lowest BCUT2D eigenvalue weighted by Gasteiger charge is -2.32. The Bertz CT molecular complexity index is 623. The summed E-state index contributed by atoms with van der Waals surface area (Å²) in [4.78, 5) is 28.1. The van der Waals surface area contributed by atoms with Gasteiger partial charge < -0.3 is 14.9 Å². The van der Waals surface area contributed by atoms with Crippen molar-refractivity contribution in [2.24, 2.45) is 5.10 Å². The fourth-order valence-corrected chi connectivity index (χ4v) is 2.84. The minimum absolute atomic E-state index is 0.134. The largest absolute Gasteiger partial charge is 0.480 e. The molecular weight excluding hydrogens is 296 g/mol. The SMILES string of the molecule is CN1CCN(C(=O)C2=NN(c3ccccc3)[C@H](C(=O)O)C2)CC1. The van der Waals surface area contributed by atoms with Crippen molar-refractivity contribution < 1.29 is 14.7 Å². The zero-order chi connectivity index (χ0) is 16.4. The molecule has 23 heavy (non-hydrogen) atoms. The van der Waals surface area contributed by atoms with E-state index in [1.807, 2.05) is 25.2 Å². The molecule has 1 aromatic rings. The Balaban J connectivity index is 1.80. The first-order chi connectivity index (χ1) is 11.1. The number of aliphatic carboxylic acids is 1. The van der Waals surface area contributed by atoms with E-state index in [0.29, 0.717) is 24.5 Å². The molecule has 0 unspecified atom stereocenters. The van der Waals surface area contributed by atoms with Crippen LogP contribution >= 0.6 is 0 Å². The van der Waals surface area contributed by atoms with Crippen molar-refractivity contribution in [1.29, 1.82) is 0 Å². The number of carbonyl (C=O) groups is 2. The molecule has 2 aliphatic heterocycles. The standard InChI is InChI=1S/C16H20N4O3/c1-18-7-9-19(10-8-18)15(21)13-11-14(16(22)23)20(17-13)12-5-3-2-4-6-12/h2-6,14H,7-11H2,1H3,(H,22,23)/t14-/m0/s1. The molecule has 0 aromatic heterocycles. The molecule has 0 radical (unpaired) electrons. The van der Waals surface area contributed by atoms with Gasteiger partial charge in [-0.05, 0) is 19.2 Å². The molecule has 7 nitrogen and oxygen atoms in total. The average molecular weight is 316 g/mol. The van der Waals surface area contributed by atoms with Gasteiger partial charge in [0.15, 0.2) is 6.04 Å². The molecule has 2 aliphatic rings. The molecule has 1 N–H and O–H groups in total. The number of hydrogen-bond acceptors (Lipinski definition) is 5. The van der Waals surface area contributed by atoms with Gasteiger partial charge in [-0.1, -0.05) is 18.2 Å². The van der Waals surface area contributed by atoms with Gasteiger partial charge in [-0.3, -0.25) is 9.80 Å². The predicted octanol–water partition coefficient (Wildman–Crippen LogP) is 0.480. The van der Waals surface area contributed by atoms with Crippen molar-refractivity contribution in [3.8, 4) is 0 Å². The second-order valence-electron chi connectivity index (χ2n) is 5.88. The van der Waals surface area contributed by atoms with Gasteiger partial charge in [-0.25, -0.2) is 4.79 Å². The van der Waals surface area contributed by atoms with Crippen LogP contribution < -0.4 is 5.01 Å². The van der Waals surface area contributed by atoms with E-state index in [1.54, 1.807) is 17.0 Å². The van der Waals surface area contributed by atoms with Crippen LogP contribution in [0.2, 0.25) is 0 Å². The van der Waals surface area contributed by atoms with E-state index in [0.717, 1.165) is 13.1 Å². The number of carbonyl (C=O) groups excluding carboxylic acids is 1. The topological polar surface area (TPSA) is 76.5 Å². The monoisotopic (exact) mass is 316 g/mol. The molecule has 3 rings (SSSR count). The molecule has 0 spiro atoms. The number of carboxylic acids is 1. The van der Waals surface area contributed by atoms with Crippen LogP contribution in [0.3, 0.4) is 0 Å². The smallest absolute Gasteiger partial charge is 0.328 e. The van der Waals surface area contributed by atoms with Crippen molar-refractivity contribution in [3.05, 3.63) is 30.3 Å². The Morgan fingerprint density at radius 3 is 2.39 bits per heavy atom. The number of rotatable bonds is 3. The first kappa shape index (κ1) is 15.5. The maximum absolute atomic E-state index is 12.6. The summed E-state index contributed by atoms with van der Waals surface area (Å²) in [5, 5.41) is 15.2. The van der Waals surface area contributed by atoms with Gasteiger partial charge in [-0.2, -0.15) is 5.10 Å². The molecule has 0 saturated carbocycles. The van der Waals surface area contributed by atoms with Crippen molar-refractivity contribution in [2.75, 3.05) is 38.2 Å². The van der Waals surface area contributed by atoms with Gasteiger partial charge in [0.25, 0.3) is 5.91 Å². The molecule has 0 bridgehead atoms. The Hall–Kier alpha value is -2.41. The van der Waals surface area contributed by atoms with Crippen LogP contribution in [0.15, 0.2) is 35.4 Å². The van der Waals surface area contributed by atoms with E-state index < -0.39 is 12.0 Å². The van der Waals surface area contributed by atoms with Crippen molar-refractivity contribution >= 4 is 23.3 Å². The average Bonchev–Trinajstić information content (AvgIpc) is 3.01. The number of nitrogens with zero attached hydrogens (tertiary/aromatic N) is 4. The first-order valence-electron chi connectivity index (χ1n) is 7.68. The van der Waals surface area contributed by atoms with Gasteiger partial charge in [0.05, 0.1) is 5.69 Å². The first-order valence-corrected chi connectivity index (χ1v) is 7.68.